The number of anilines is 1. The van der Waals surface area contributed by atoms with Crippen LogP contribution in [0.2, 0.25) is 0 Å². The van der Waals surface area contributed by atoms with Crippen molar-refractivity contribution in [2.75, 3.05) is 11.9 Å². The number of ether oxygens (including phenoxy) is 2. The van der Waals surface area contributed by atoms with Gasteiger partial charge in [-0.25, -0.2) is 0 Å². The van der Waals surface area contributed by atoms with Gasteiger partial charge in [-0.05, 0) is 70.0 Å². The molecule has 0 bridgehead atoms. The maximum atomic E-state index is 12.0. The molecule has 0 aliphatic heterocycles. The summed E-state index contributed by atoms with van der Waals surface area (Å²) in [5.41, 5.74) is 3.11. The number of nitrogens with one attached hydrogen (secondary N) is 1. The third-order valence-corrected chi connectivity index (χ3v) is 3.65. The zero-order valence-corrected chi connectivity index (χ0v) is 15.5. The second-order valence-corrected chi connectivity index (χ2v) is 6.46. The molecule has 0 spiro atoms. The molecule has 0 fully saturated rings. The summed E-state index contributed by atoms with van der Waals surface area (Å²) in [5.74, 6) is 1.67. The number of amides is 1. The normalized spacial score (nSPS) is 10.6. The molecule has 0 heterocycles. The fourth-order valence-electron chi connectivity index (χ4n) is 2.49. The Morgan fingerprint density at radius 1 is 1.08 bits per heavy atom. The number of carbonyl (C=O) groups is 1. The Kier molecular flexibility index (Phi) is 6.87. The van der Waals surface area contributed by atoms with Gasteiger partial charge in [0.05, 0.1) is 12.7 Å². The zero-order valence-electron chi connectivity index (χ0n) is 15.5. The second-order valence-electron chi connectivity index (χ2n) is 6.46. The lowest BCUT2D eigenvalue weighted by molar-refractivity contribution is -0.116. The van der Waals surface area contributed by atoms with Gasteiger partial charge in [0.25, 0.3) is 0 Å². The first-order chi connectivity index (χ1) is 11.9. The van der Waals surface area contributed by atoms with Crippen molar-refractivity contribution >= 4 is 11.6 Å². The van der Waals surface area contributed by atoms with Crippen molar-refractivity contribution in [3.05, 3.63) is 53.6 Å². The molecule has 0 aliphatic carbocycles. The van der Waals surface area contributed by atoms with Crippen LogP contribution in [0.15, 0.2) is 42.5 Å². The molecule has 25 heavy (non-hydrogen) atoms. The molecule has 4 heteroatoms. The van der Waals surface area contributed by atoms with E-state index in [0.717, 1.165) is 22.7 Å². The summed E-state index contributed by atoms with van der Waals surface area (Å²) in [6, 6.07) is 13.5. The number of carbonyl (C=O) groups excluding carboxylic acids is 1. The third-order valence-electron chi connectivity index (χ3n) is 3.65. The summed E-state index contributed by atoms with van der Waals surface area (Å²) >= 11 is 0. The first-order valence-electron chi connectivity index (χ1n) is 8.70. The highest BCUT2D eigenvalue weighted by Gasteiger charge is 2.05. The van der Waals surface area contributed by atoms with E-state index in [-0.39, 0.29) is 12.0 Å². The maximum absolute atomic E-state index is 12.0. The molecule has 0 aromatic heterocycles. The Balaban J connectivity index is 1.71. The molecule has 0 saturated carbocycles. The van der Waals surface area contributed by atoms with Gasteiger partial charge in [0.2, 0.25) is 5.91 Å². The topological polar surface area (TPSA) is 47.6 Å². The average Bonchev–Trinajstić information content (AvgIpc) is 2.54. The predicted molar refractivity (Wildman–Crippen MR) is 101 cm³/mol. The zero-order chi connectivity index (χ0) is 18.2. The molecule has 2 aromatic carbocycles. The fourth-order valence-corrected chi connectivity index (χ4v) is 2.49. The molecule has 134 valence electrons. The molecule has 1 N–H and O–H groups in total. The second kappa shape index (κ2) is 9.11. The van der Waals surface area contributed by atoms with Gasteiger partial charge >= 0.3 is 0 Å². The summed E-state index contributed by atoms with van der Waals surface area (Å²) in [7, 11) is 0. The highest BCUT2D eigenvalue weighted by atomic mass is 16.5. The molecule has 2 rings (SSSR count). The van der Waals surface area contributed by atoms with Gasteiger partial charge in [0.15, 0.2) is 0 Å². The van der Waals surface area contributed by atoms with E-state index in [0.29, 0.717) is 19.4 Å². The standard InChI is InChI=1S/C21H27NO3/c1-15(2)25-19-10-8-18(9-11-19)22-21(23)6-5-13-24-20-12-7-16(3)14-17(20)4/h7-12,14-15H,5-6,13H2,1-4H3,(H,22,23). The van der Waals surface area contributed by atoms with Crippen molar-refractivity contribution in [2.24, 2.45) is 0 Å². The Morgan fingerprint density at radius 3 is 2.44 bits per heavy atom. The van der Waals surface area contributed by atoms with Gasteiger partial charge in [-0.2, -0.15) is 0 Å². The molecular formula is C21H27NO3. The number of hydrogen-bond acceptors (Lipinski definition) is 3. The van der Waals surface area contributed by atoms with Crippen LogP contribution in [0.25, 0.3) is 0 Å². The van der Waals surface area contributed by atoms with Crippen LogP contribution in [0.1, 0.15) is 37.8 Å². The molecule has 0 saturated heterocycles. The molecule has 4 nitrogen and oxygen atoms in total. The number of rotatable bonds is 8. The average molecular weight is 341 g/mol. The van der Waals surface area contributed by atoms with Crippen LogP contribution >= 0.6 is 0 Å². The van der Waals surface area contributed by atoms with E-state index in [1.807, 2.05) is 57.2 Å². The summed E-state index contributed by atoms with van der Waals surface area (Å²) in [4.78, 5) is 12.0. The van der Waals surface area contributed by atoms with Crippen LogP contribution in [0.3, 0.4) is 0 Å². The lowest BCUT2D eigenvalue weighted by atomic mass is 10.1. The third kappa shape index (κ3) is 6.49. The van der Waals surface area contributed by atoms with E-state index in [9.17, 15) is 4.79 Å². The van der Waals surface area contributed by atoms with Crippen LogP contribution in [-0.4, -0.2) is 18.6 Å². The minimum Gasteiger partial charge on any atom is -0.493 e. The number of aryl methyl sites for hydroxylation is 2. The number of hydrogen-bond donors (Lipinski definition) is 1. The van der Waals surface area contributed by atoms with Gasteiger partial charge in [0, 0.05) is 12.1 Å². The summed E-state index contributed by atoms with van der Waals surface area (Å²) in [5, 5.41) is 2.89. The Labute approximate surface area is 150 Å². The van der Waals surface area contributed by atoms with Crippen molar-refractivity contribution in [2.45, 2.75) is 46.6 Å². The SMILES string of the molecule is Cc1ccc(OCCCC(=O)Nc2ccc(OC(C)C)cc2)c(C)c1. The van der Waals surface area contributed by atoms with Crippen LogP contribution in [0.5, 0.6) is 11.5 Å². The van der Waals surface area contributed by atoms with E-state index in [2.05, 4.69) is 18.3 Å². The molecule has 0 atom stereocenters. The molecule has 0 radical (unpaired) electrons. The molecular weight excluding hydrogens is 314 g/mol. The predicted octanol–water partition coefficient (Wildman–Crippen LogP) is 4.89. The van der Waals surface area contributed by atoms with E-state index in [1.165, 1.54) is 5.56 Å². The van der Waals surface area contributed by atoms with Crippen LogP contribution in [0.4, 0.5) is 5.69 Å². The van der Waals surface area contributed by atoms with E-state index >= 15 is 0 Å². The Bertz CT molecular complexity index is 693. The molecule has 2 aromatic rings. The summed E-state index contributed by atoms with van der Waals surface area (Å²) in [6.45, 7) is 8.58. The first-order valence-corrected chi connectivity index (χ1v) is 8.70. The van der Waals surface area contributed by atoms with E-state index in [4.69, 9.17) is 9.47 Å². The van der Waals surface area contributed by atoms with Crippen molar-refractivity contribution in [3.63, 3.8) is 0 Å². The molecule has 0 aliphatic rings. The van der Waals surface area contributed by atoms with Crippen molar-refractivity contribution in [1.82, 2.24) is 0 Å². The van der Waals surface area contributed by atoms with Crippen molar-refractivity contribution < 1.29 is 14.3 Å². The van der Waals surface area contributed by atoms with Crippen LogP contribution < -0.4 is 14.8 Å². The van der Waals surface area contributed by atoms with Gasteiger partial charge in [0.1, 0.15) is 11.5 Å². The quantitative estimate of drug-likeness (QED) is 0.696. The molecule has 0 unspecified atom stereocenters. The summed E-state index contributed by atoms with van der Waals surface area (Å²) < 4.78 is 11.3. The lowest BCUT2D eigenvalue weighted by Crippen LogP contribution is -2.13. The smallest absolute Gasteiger partial charge is 0.224 e. The largest absolute Gasteiger partial charge is 0.493 e. The Hall–Kier alpha value is -2.49. The van der Waals surface area contributed by atoms with Gasteiger partial charge in [-0.15, -0.1) is 0 Å². The highest BCUT2D eigenvalue weighted by molar-refractivity contribution is 5.90. The number of benzene rings is 2. The van der Waals surface area contributed by atoms with E-state index < -0.39 is 0 Å². The minimum atomic E-state index is -0.0123. The van der Waals surface area contributed by atoms with Crippen LogP contribution in [0, 0.1) is 13.8 Å². The Morgan fingerprint density at radius 2 is 1.80 bits per heavy atom. The molecule has 1 amide bonds. The lowest BCUT2D eigenvalue weighted by Gasteiger charge is -2.11. The summed E-state index contributed by atoms with van der Waals surface area (Å²) in [6.07, 6.45) is 1.24. The van der Waals surface area contributed by atoms with Crippen molar-refractivity contribution in [1.29, 1.82) is 0 Å². The monoisotopic (exact) mass is 341 g/mol. The van der Waals surface area contributed by atoms with Gasteiger partial charge < -0.3 is 14.8 Å². The maximum Gasteiger partial charge on any atom is 0.224 e. The highest BCUT2D eigenvalue weighted by Crippen LogP contribution is 2.19. The van der Waals surface area contributed by atoms with Crippen LogP contribution in [-0.2, 0) is 4.79 Å². The van der Waals surface area contributed by atoms with Crippen molar-refractivity contribution in [3.8, 4) is 11.5 Å². The van der Waals surface area contributed by atoms with Gasteiger partial charge in [-0.1, -0.05) is 17.7 Å². The minimum absolute atomic E-state index is 0.0123. The van der Waals surface area contributed by atoms with Gasteiger partial charge in [-0.3, -0.25) is 4.79 Å². The fraction of sp³-hybridized carbons (Fsp3) is 0.381. The van der Waals surface area contributed by atoms with E-state index in [1.54, 1.807) is 0 Å². The first kappa shape index (κ1) is 18.8.